The molecule has 8 heteroatoms. The molecule has 1 aromatic heterocycles. The molecular formula is C18H29N3O5. The van der Waals surface area contributed by atoms with E-state index in [1.807, 2.05) is 18.7 Å². The minimum absolute atomic E-state index is 0.170. The molecule has 1 aliphatic rings. The number of esters is 1. The summed E-state index contributed by atoms with van der Waals surface area (Å²) >= 11 is 0. The van der Waals surface area contributed by atoms with E-state index in [1.165, 1.54) is 0 Å². The minimum Gasteiger partial charge on any atom is -0.464 e. The molecule has 26 heavy (non-hydrogen) atoms. The molecule has 2 heterocycles. The van der Waals surface area contributed by atoms with E-state index >= 15 is 0 Å². The van der Waals surface area contributed by atoms with E-state index in [-0.39, 0.29) is 18.4 Å². The van der Waals surface area contributed by atoms with Crippen molar-refractivity contribution in [3.63, 3.8) is 0 Å². The number of aromatic nitrogens is 2. The van der Waals surface area contributed by atoms with Gasteiger partial charge in [0.05, 0.1) is 19.8 Å². The highest BCUT2D eigenvalue weighted by molar-refractivity contribution is 5.74. The monoisotopic (exact) mass is 367 g/mol. The molecule has 8 nitrogen and oxygen atoms in total. The number of carbonyl (C=O) groups excluding carboxylic acids is 1. The number of hydrogen-bond donors (Lipinski definition) is 1. The van der Waals surface area contributed by atoms with Gasteiger partial charge in [-0.15, -0.1) is 0 Å². The highest BCUT2D eigenvalue weighted by atomic mass is 16.5. The largest absolute Gasteiger partial charge is 0.464 e. The van der Waals surface area contributed by atoms with Crippen LogP contribution < -0.4 is 16.1 Å². The molecule has 146 valence electrons. The average Bonchev–Trinajstić information content (AvgIpc) is 2.56. The maximum absolute atomic E-state index is 13.2. The zero-order valence-electron chi connectivity index (χ0n) is 16.2. The first-order chi connectivity index (χ1) is 12.2. The normalized spacial score (nSPS) is 16.2. The van der Waals surface area contributed by atoms with Crippen LogP contribution in [0.15, 0.2) is 9.59 Å². The Morgan fingerprint density at radius 3 is 2.35 bits per heavy atom. The molecule has 0 saturated carbocycles. The fourth-order valence-corrected chi connectivity index (χ4v) is 3.07. The first-order valence-electron chi connectivity index (χ1n) is 9.08. The number of rotatable bonds is 6. The number of nitrogens with zero attached hydrogens (tertiary/aromatic N) is 2. The van der Waals surface area contributed by atoms with Gasteiger partial charge in [0.2, 0.25) is 0 Å². The summed E-state index contributed by atoms with van der Waals surface area (Å²) in [5.41, 5.74) is -0.149. The Morgan fingerprint density at radius 1 is 1.19 bits per heavy atom. The molecule has 0 radical (unpaired) electrons. The third kappa shape index (κ3) is 4.35. The summed E-state index contributed by atoms with van der Waals surface area (Å²) in [7, 11) is 0. The van der Waals surface area contributed by atoms with Crippen LogP contribution in [-0.2, 0) is 14.3 Å². The van der Waals surface area contributed by atoms with E-state index in [4.69, 9.17) is 9.47 Å². The molecular weight excluding hydrogens is 338 g/mol. The topological polar surface area (TPSA) is 93.6 Å². The Hall–Kier alpha value is -2.09. The molecule has 1 saturated heterocycles. The Bertz CT molecular complexity index is 744. The van der Waals surface area contributed by atoms with E-state index in [9.17, 15) is 14.4 Å². The van der Waals surface area contributed by atoms with E-state index in [0.717, 1.165) is 4.57 Å². The van der Waals surface area contributed by atoms with Crippen molar-refractivity contribution in [1.29, 1.82) is 0 Å². The van der Waals surface area contributed by atoms with Crippen molar-refractivity contribution in [3.8, 4) is 0 Å². The number of anilines is 1. The van der Waals surface area contributed by atoms with Crippen LogP contribution >= 0.6 is 0 Å². The van der Waals surface area contributed by atoms with Crippen LogP contribution in [0, 0.1) is 18.8 Å². The predicted octanol–water partition coefficient (Wildman–Crippen LogP) is 1.08. The van der Waals surface area contributed by atoms with Gasteiger partial charge in [0.25, 0.3) is 5.56 Å². The SMILES string of the molecule is Cc1[nH]c(=O)n(C(C(=O)OCC(C)C)C(C)C)c(=O)c1N1CCOCC1. The minimum atomic E-state index is -0.967. The van der Waals surface area contributed by atoms with Gasteiger partial charge in [-0.3, -0.25) is 4.79 Å². The number of ether oxygens (including phenoxy) is 2. The molecule has 2 rings (SSSR count). The lowest BCUT2D eigenvalue weighted by atomic mass is 10.0. The molecule has 0 aliphatic carbocycles. The predicted molar refractivity (Wildman–Crippen MR) is 98.8 cm³/mol. The molecule has 0 bridgehead atoms. The van der Waals surface area contributed by atoms with Gasteiger partial charge < -0.3 is 19.4 Å². The quantitative estimate of drug-likeness (QED) is 0.756. The summed E-state index contributed by atoms with van der Waals surface area (Å²) in [6.07, 6.45) is 0. The third-order valence-electron chi connectivity index (χ3n) is 4.33. The van der Waals surface area contributed by atoms with Crippen molar-refractivity contribution in [3.05, 3.63) is 26.5 Å². The highest BCUT2D eigenvalue weighted by Crippen LogP contribution is 2.19. The number of aromatic amines is 1. The second kappa shape index (κ2) is 8.53. The first kappa shape index (κ1) is 20.2. The van der Waals surface area contributed by atoms with Gasteiger partial charge in [0, 0.05) is 18.8 Å². The standard InChI is InChI=1S/C18H29N3O5/c1-11(2)10-26-17(23)14(12(3)4)21-16(22)15(13(5)19-18(21)24)20-6-8-25-9-7-20/h11-12,14H,6-10H2,1-5H3,(H,19,24). The maximum Gasteiger partial charge on any atom is 0.329 e. The Kier molecular flexibility index (Phi) is 6.63. The van der Waals surface area contributed by atoms with Crippen molar-refractivity contribution in [2.24, 2.45) is 11.8 Å². The highest BCUT2D eigenvalue weighted by Gasteiger charge is 2.31. The van der Waals surface area contributed by atoms with Crippen LogP contribution in [0.2, 0.25) is 0 Å². The fourth-order valence-electron chi connectivity index (χ4n) is 3.07. The third-order valence-corrected chi connectivity index (χ3v) is 4.33. The number of carbonyl (C=O) groups is 1. The van der Waals surface area contributed by atoms with Gasteiger partial charge in [0.1, 0.15) is 11.7 Å². The fraction of sp³-hybridized carbons (Fsp3) is 0.722. The molecule has 1 atom stereocenters. The molecule has 1 aromatic rings. The van der Waals surface area contributed by atoms with E-state index < -0.39 is 23.3 Å². The number of hydrogen-bond acceptors (Lipinski definition) is 6. The van der Waals surface area contributed by atoms with Gasteiger partial charge in [-0.2, -0.15) is 0 Å². The van der Waals surface area contributed by atoms with Crippen molar-refractivity contribution < 1.29 is 14.3 Å². The van der Waals surface area contributed by atoms with Crippen LogP contribution in [0.1, 0.15) is 39.4 Å². The van der Waals surface area contributed by atoms with Gasteiger partial charge in [0.15, 0.2) is 0 Å². The van der Waals surface area contributed by atoms with Crippen molar-refractivity contribution in [1.82, 2.24) is 9.55 Å². The van der Waals surface area contributed by atoms with Gasteiger partial charge in [-0.25, -0.2) is 14.2 Å². The molecule has 0 amide bonds. The van der Waals surface area contributed by atoms with Gasteiger partial charge in [-0.1, -0.05) is 27.7 Å². The van der Waals surface area contributed by atoms with Gasteiger partial charge >= 0.3 is 11.7 Å². The summed E-state index contributed by atoms with van der Waals surface area (Å²) in [5, 5.41) is 0. The molecule has 1 fully saturated rings. The van der Waals surface area contributed by atoms with E-state index in [2.05, 4.69) is 4.98 Å². The van der Waals surface area contributed by atoms with Crippen LogP contribution in [0.3, 0.4) is 0 Å². The zero-order valence-corrected chi connectivity index (χ0v) is 16.2. The van der Waals surface area contributed by atoms with Crippen molar-refractivity contribution in [2.75, 3.05) is 37.8 Å². The number of morpholine rings is 1. The summed E-state index contributed by atoms with van der Waals surface area (Å²) < 4.78 is 11.7. The lowest BCUT2D eigenvalue weighted by Crippen LogP contribution is -2.48. The summed E-state index contributed by atoms with van der Waals surface area (Å²) in [5.74, 6) is -0.657. The number of nitrogens with one attached hydrogen (secondary N) is 1. The summed E-state index contributed by atoms with van der Waals surface area (Å²) in [6, 6.07) is -0.967. The van der Waals surface area contributed by atoms with Crippen molar-refractivity contribution >= 4 is 11.7 Å². The molecule has 0 spiro atoms. The van der Waals surface area contributed by atoms with E-state index in [0.29, 0.717) is 37.7 Å². The van der Waals surface area contributed by atoms with Crippen LogP contribution in [0.4, 0.5) is 5.69 Å². The smallest absolute Gasteiger partial charge is 0.329 e. The molecule has 1 unspecified atom stereocenters. The van der Waals surface area contributed by atoms with Crippen LogP contribution in [0.5, 0.6) is 0 Å². The maximum atomic E-state index is 13.2. The Labute approximate surface area is 153 Å². The lowest BCUT2D eigenvalue weighted by Gasteiger charge is -2.30. The lowest BCUT2D eigenvalue weighted by molar-refractivity contribution is -0.150. The number of H-pyrrole nitrogens is 1. The Morgan fingerprint density at radius 2 is 1.81 bits per heavy atom. The van der Waals surface area contributed by atoms with Crippen molar-refractivity contribution in [2.45, 2.75) is 40.7 Å². The average molecular weight is 367 g/mol. The summed E-state index contributed by atoms with van der Waals surface area (Å²) in [4.78, 5) is 42.9. The number of aryl methyl sites for hydroxylation is 1. The second-order valence-corrected chi connectivity index (χ2v) is 7.39. The first-order valence-corrected chi connectivity index (χ1v) is 9.08. The van der Waals surface area contributed by atoms with E-state index in [1.54, 1.807) is 20.8 Å². The second-order valence-electron chi connectivity index (χ2n) is 7.39. The van der Waals surface area contributed by atoms with Crippen LogP contribution in [-0.4, -0.2) is 48.4 Å². The zero-order chi connectivity index (χ0) is 19.4. The molecule has 1 N–H and O–H groups in total. The molecule has 1 aliphatic heterocycles. The summed E-state index contributed by atoms with van der Waals surface area (Å²) in [6.45, 7) is 11.5. The molecule has 0 aromatic carbocycles. The Balaban J connectivity index is 2.50. The van der Waals surface area contributed by atoms with Crippen LogP contribution in [0.25, 0.3) is 0 Å². The van der Waals surface area contributed by atoms with Gasteiger partial charge in [-0.05, 0) is 18.8 Å².